The number of rotatable bonds is 1. The summed E-state index contributed by atoms with van der Waals surface area (Å²) in [5, 5.41) is 6.86. The van der Waals surface area contributed by atoms with Crippen LogP contribution in [0.3, 0.4) is 0 Å². The van der Waals surface area contributed by atoms with Crippen molar-refractivity contribution in [2.45, 2.75) is 0 Å². The molecular formula is C15H13ClN2Pt. The summed E-state index contributed by atoms with van der Waals surface area (Å²) in [6.45, 7) is 0. The molecule has 1 aliphatic carbocycles. The topological polar surface area (TPSA) is 26.5 Å². The van der Waals surface area contributed by atoms with Crippen molar-refractivity contribution in [2.75, 3.05) is 14.1 Å². The Balaban J connectivity index is 0.000000637. The Morgan fingerprint density at radius 2 is 1.89 bits per heavy atom. The third-order valence-electron chi connectivity index (χ3n) is 3.21. The number of benzene rings is 2. The van der Waals surface area contributed by atoms with E-state index < -0.39 is 0 Å². The molecule has 3 rings (SSSR count). The molecule has 0 bridgehead atoms. The van der Waals surface area contributed by atoms with Crippen LogP contribution in [0.25, 0.3) is 22.2 Å². The molecule has 1 aliphatic rings. The predicted molar refractivity (Wildman–Crippen MR) is 80.2 cm³/mol. The van der Waals surface area contributed by atoms with Gasteiger partial charge >= 0.3 is 28.2 Å². The Bertz CT molecular complexity index is 662. The van der Waals surface area contributed by atoms with E-state index in [0.29, 0.717) is 0 Å². The minimum atomic E-state index is 1.01. The zero-order valence-electron chi connectivity index (χ0n) is 10.6. The maximum absolute atomic E-state index is 4.61. The molecule has 0 unspecified atom stereocenters. The van der Waals surface area contributed by atoms with Crippen LogP contribution in [0.2, 0.25) is 0 Å². The van der Waals surface area contributed by atoms with Gasteiger partial charge in [-0.15, -0.1) is 12.7 Å². The number of aliphatic imine (C=N–C) groups is 1. The summed E-state index contributed by atoms with van der Waals surface area (Å²) in [5.41, 5.74) is 4.42. The zero-order chi connectivity index (χ0) is 13.8. The van der Waals surface area contributed by atoms with Crippen LogP contribution in [0.1, 0.15) is 11.1 Å². The van der Waals surface area contributed by atoms with Crippen LogP contribution in [0.15, 0.2) is 41.4 Å². The van der Waals surface area contributed by atoms with Crippen molar-refractivity contribution in [2.24, 2.45) is 4.99 Å². The molecule has 19 heavy (non-hydrogen) atoms. The van der Waals surface area contributed by atoms with Gasteiger partial charge in [0.05, 0.1) is 5.71 Å². The van der Waals surface area contributed by atoms with Crippen LogP contribution >= 0.6 is 9.42 Å². The molecular weight excluding hydrogens is 439 g/mol. The van der Waals surface area contributed by atoms with Gasteiger partial charge in [0.25, 0.3) is 0 Å². The molecule has 0 amide bonds. The van der Waals surface area contributed by atoms with Gasteiger partial charge in [-0.05, 0) is 28.0 Å². The van der Waals surface area contributed by atoms with Crippen molar-refractivity contribution in [1.29, 1.82) is 0 Å². The summed E-state index contributed by atoms with van der Waals surface area (Å²) < 4.78 is 0. The first-order chi connectivity index (χ1) is 9.35. The van der Waals surface area contributed by atoms with Gasteiger partial charge in [0.1, 0.15) is 0 Å². The molecule has 2 nitrogen and oxygen atoms in total. The number of hydrogen-bond acceptors (Lipinski definition) is 1. The Labute approximate surface area is 128 Å². The van der Waals surface area contributed by atoms with Crippen molar-refractivity contribution in [1.82, 2.24) is 0 Å². The Kier molecular flexibility index (Phi) is 4.79. The average molecular weight is 452 g/mol. The van der Waals surface area contributed by atoms with Gasteiger partial charge in [0.15, 0.2) is 0 Å². The fraction of sp³-hybridized carbons (Fsp3) is 0.133. The average Bonchev–Trinajstić information content (AvgIpc) is 2.50. The SMILES string of the molecule is CN=C1C=Cc2cccc3ccc([N-]C)c1c23.[Cl][Pt+]. The summed E-state index contributed by atoms with van der Waals surface area (Å²) in [6, 6.07) is 10.5. The van der Waals surface area contributed by atoms with Gasteiger partial charge < -0.3 is 5.32 Å². The molecule has 100 valence electrons. The minimum absolute atomic E-state index is 1.01. The van der Waals surface area contributed by atoms with Crippen molar-refractivity contribution >= 4 is 37.7 Å². The van der Waals surface area contributed by atoms with Gasteiger partial charge in [-0.2, -0.15) is 0 Å². The summed E-state index contributed by atoms with van der Waals surface area (Å²) in [5.74, 6) is 0. The number of allylic oxidation sites excluding steroid dienone is 1. The predicted octanol–water partition coefficient (Wildman–Crippen LogP) is 4.61. The van der Waals surface area contributed by atoms with Crippen LogP contribution in [0.5, 0.6) is 0 Å². The van der Waals surface area contributed by atoms with E-state index in [1.807, 2.05) is 14.1 Å². The van der Waals surface area contributed by atoms with Gasteiger partial charge in [-0.3, -0.25) is 4.99 Å². The number of hydrogen-bond donors (Lipinski definition) is 0. The summed E-state index contributed by atoms with van der Waals surface area (Å²) in [4.78, 5) is 4.35. The molecule has 0 aromatic heterocycles. The fourth-order valence-electron chi connectivity index (χ4n) is 2.42. The first-order valence-electron chi connectivity index (χ1n) is 5.78. The van der Waals surface area contributed by atoms with E-state index in [0.717, 1.165) is 17.0 Å². The molecule has 0 aliphatic heterocycles. The van der Waals surface area contributed by atoms with Crippen molar-refractivity contribution in [3.05, 3.63) is 52.9 Å². The second-order valence-corrected chi connectivity index (χ2v) is 4.07. The third-order valence-corrected chi connectivity index (χ3v) is 3.21. The Morgan fingerprint density at radius 3 is 2.58 bits per heavy atom. The molecule has 0 saturated heterocycles. The molecule has 2 aromatic carbocycles. The van der Waals surface area contributed by atoms with Crippen LogP contribution < -0.4 is 0 Å². The van der Waals surface area contributed by atoms with E-state index in [9.17, 15) is 0 Å². The monoisotopic (exact) mass is 451 g/mol. The first kappa shape index (κ1) is 14.3. The Morgan fingerprint density at radius 1 is 1.11 bits per heavy atom. The molecule has 4 heteroatoms. The standard InChI is InChI=1S/C15H13N2.ClH.Pt/c1-16-12-8-6-10-4-3-5-11-7-9-13(17-2)15(12)14(10)11;;/h3-9H,1-2H3;1H;/q-1;;+2/p-1. The quantitative estimate of drug-likeness (QED) is 0.605. The summed E-state index contributed by atoms with van der Waals surface area (Å²) >= 11 is 1.61. The van der Waals surface area contributed by atoms with E-state index in [2.05, 4.69) is 62.2 Å². The maximum atomic E-state index is 4.61. The molecule has 2 aromatic rings. The Hall–Kier alpha value is -1.11. The summed E-state index contributed by atoms with van der Waals surface area (Å²) in [7, 11) is 8.26. The first-order valence-corrected chi connectivity index (χ1v) is 8.59. The molecule has 0 fully saturated rings. The molecule has 0 radical (unpaired) electrons. The van der Waals surface area contributed by atoms with Gasteiger partial charge in [0.2, 0.25) is 0 Å². The van der Waals surface area contributed by atoms with Crippen LogP contribution in [0, 0.1) is 0 Å². The van der Waals surface area contributed by atoms with Crippen molar-refractivity contribution < 1.29 is 18.8 Å². The normalized spacial score (nSPS) is 14.3. The van der Waals surface area contributed by atoms with Crippen LogP contribution in [0.4, 0.5) is 5.69 Å². The molecule has 0 heterocycles. The molecule has 0 spiro atoms. The van der Waals surface area contributed by atoms with Crippen molar-refractivity contribution in [3.8, 4) is 0 Å². The fourth-order valence-corrected chi connectivity index (χ4v) is 2.42. The summed E-state index contributed by atoms with van der Waals surface area (Å²) in [6.07, 6.45) is 4.18. The zero-order valence-corrected chi connectivity index (χ0v) is 13.7. The van der Waals surface area contributed by atoms with Crippen LogP contribution in [-0.4, -0.2) is 19.8 Å². The molecule has 0 saturated carbocycles. The number of halogens is 1. The molecule has 0 N–H and O–H groups in total. The van der Waals surface area contributed by atoms with Gasteiger partial charge in [0, 0.05) is 7.05 Å². The van der Waals surface area contributed by atoms with Crippen LogP contribution in [-0.2, 0) is 18.8 Å². The number of nitrogens with zero attached hydrogens (tertiary/aromatic N) is 2. The second-order valence-electron chi connectivity index (χ2n) is 4.07. The van der Waals surface area contributed by atoms with E-state index in [1.165, 1.54) is 16.3 Å². The van der Waals surface area contributed by atoms with E-state index in [-0.39, 0.29) is 0 Å². The van der Waals surface area contributed by atoms with E-state index >= 15 is 0 Å². The molecule has 0 atom stereocenters. The third kappa shape index (κ3) is 2.48. The van der Waals surface area contributed by atoms with E-state index in [1.54, 1.807) is 18.8 Å². The van der Waals surface area contributed by atoms with Gasteiger partial charge in [-0.25, -0.2) is 0 Å². The van der Waals surface area contributed by atoms with Gasteiger partial charge in [-0.1, -0.05) is 36.4 Å². The second kappa shape index (κ2) is 6.36. The van der Waals surface area contributed by atoms with E-state index in [4.69, 9.17) is 0 Å². The van der Waals surface area contributed by atoms with Crippen molar-refractivity contribution in [3.63, 3.8) is 0 Å².